The summed E-state index contributed by atoms with van der Waals surface area (Å²) < 4.78 is 2.19. The number of fused-ring (bicyclic) bond motifs is 3. The summed E-state index contributed by atoms with van der Waals surface area (Å²) in [4.78, 5) is 2.38. The Hall–Kier alpha value is -1.26. The Kier molecular flexibility index (Phi) is 5.15. The third-order valence-electron chi connectivity index (χ3n) is 5.53. The molecule has 5 heteroatoms. The van der Waals surface area contributed by atoms with Crippen molar-refractivity contribution in [1.29, 1.82) is 0 Å². The Bertz CT molecular complexity index is 869. The third kappa shape index (κ3) is 3.59. The molecule has 1 aliphatic heterocycles. The summed E-state index contributed by atoms with van der Waals surface area (Å²) in [7, 11) is 0. The molecule has 1 saturated heterocycles. The molecule has 0 unspecified atom stereocenters. The molecule has 26 heavy (non-hydrogen) atoms. The number of hydrogen-bond donors (Lipinski definition) is 1. The zero-order chi connectivity index (χ0) is 18.3. The van der Waals surface area contributed by atoms with Gasteiger partial charge in [0.25, 0.3) is 0 Å². The van der Waals surface area contributed by atoms with Crippen LogP contribution in [0.2, 0.25) is 10.0 Å². The maximum atomic E-state index is 10.8. The Morgan fingerprint density at radius 3 is 2.04 bits per heavy atom. The van der Waals surface area contributed by atoms with Gasteiger partial charge in [-0.2, -0.15) is 0 Å². The molecule has 138 valence electrons. The van der Waals surface area contributed by atoms with Crippen LogP contribution >= 0.6 is 23.2 Å². The summed E-state index contributed by atoms with van der Waals surface area (Å²) in [5.41, 5.74) is 2.16. The number of piperidine rings is 1. The molecule has 1 aliphatic rings. The van der Waals surface area contributed by atoms with Gasteiger partial charge in [-0.05, 0) is 68.2 Å². The highest BCUT2D eigenvalue weighted by molar-refractivity contribution is 6.33. The molecule has 1 aromatic heterocycles. The number of hydrogen-bond acceptors (Lipinski definition) is 2. The second-order valence-electron chi connectivity index (χ2n) is 7.57. The lowest BCUT2D eigenvalue weighted by molar-refractivity contribution is 0.0817. The van der Waals surface area contributed by atoms with Gasteiger partial charge in [0.2, 0.25) is 0 Å². The van der Waals surface area contributed by atoms with Crippen molar-refractivity contribution in [2.24, 2.45) is 5.92 Å². The summed E-state index contributed by atoms with van der Waals surface area (Å²) in [6.07, 6.45) is 2.03. The molecule has 2 aromatic carbocycles. The van der Waals surface area contributed by atoms with E-state index in [4.69, 9.17) is 23.2 Å². The molecule has 0 aliphatic carbocycles. The van der Waals surface area contributed by atoms with Crippen LogP contribution in [-0.2, 0) is 6.54 Å². The lowest BCUT2D eigenvalue weighted by atomic mass is 9.99. The molecule has 3 nitrogen and oxygen atoms in total. The third-order valence-corrected chi connectivity index (χ3v) is 6.00. The minimum Gasteiger partial charge on any atom is -0.390 e. The Labute approximate surface area is 164 Å². The van der Waals surface area contributed by atoms with Crippen molar-refractivity contribution in [3.63, 3.8) is 0 Å². The van der Waals surface area contributed by atoms with E-state index in [1.807, 2.05) is 36.4 Å². The van der Waals surface area contributed by atoms with Gasteiger partial charge in [0.15, 0.2) is 0 Å². The zero-order valence-corrected chi connectivity index (χ0v) is 16.5. The Balaban J connectivity index is 1.64. The summed E-state index contributed by atoms with van der Waals surface area (Å²) in [5.74, 6) is 0.801. The average molecular weight is 391 g/mol. The first kappa shape index (κ1) is 18.1. The van der Waals surface area contributed by atoms with Crippen molar-refractivity contribution in [2.75, 3.05) is 19.6 Å². The summed E-state index contributed by atoms with van der Waals surface area (Å²) in [6, 6.07) is 11.8. The van der Waals surface area contributed by atoms with Crippen LogP contribution in [0.1, 0.15) is 19.8 Å². The highest BCUT2D eigenvalue weighted by atomic mass is 35.5. The summed E-state index contributed by atoms with van der Waals surface area (Å²) >= 11 is 12.4. The fraction of sp³-hybridized carbons (Fsp3) is 0.429. The van der Waals surface area contributed by atoms with Gasteiger partial charge in [-0.25, -0.2) is 0 Å². The van der Waals surface area contributed by atoms with Crippen LogP contribution in [0.5, 0.6) is 0 Å². The summed E-state index contributed by atoms with van der Waals surface area (Å²) in [5, 5.41) is 14.3. The number of benzene rings is 2. The van der Waals surface area contributed by atoms with Gasteiger partial charge in [-0.15, -0.1) is 0 Å². The van der Waals surface area contributed by atoms with E-state index in [0.717, 1.165) is 47.4 Å². The number of halogens is 2. The van der Waals surface area contributed by atoms with Gasteiger partial charge in [0.05, 0.1) is 12.6 Å². The van der Waals surface area contributed by atoms with Crippen molar-refractivity contribution in [3.8, 4) is 0 Å². The molecule has 4 rings (SSSR count). The van der Waals surface area contributed by atoms with Crippen molar-refractivity contribution < 1.29 is 5.11 Å². The van der Waals surface area contributed by atoms with Crippen molar-refractivity contribution in [1.82, 2.24) is 9.47 Å². The van der Waals surface area contributed by atoms with Gasteiger partial charge < -0.3 is 14.6 Å². The van der Waals surface area contributed by atoms with Crippen LogP contribution in [0.15, 0.2) is 36.4 Å². The van der Waals surface area contributed by atoms with E-state index in [9.17, 15) is 5.11 Å². The van der Waals surface area contributed by atoms with Crippen LogP contribution in [0.25, 0.3) is 21.8 Å². The molecule has 3 aromatic rings. The van der Waals surface area contributed by atoms with E-state index in [0.29, 0.717) is 16.6 Å². The quantitative estimate of drug-likeness (QED) is 0.663. The van der Waals surface area contributed by atoms with Gasteiger partial charge >= 0.3 is 0 Å². The second-order valence-corrected chi connectivity index (χ2v) is 8.44. The van der Waals surface area contributed by atoms with E-state index in [-0.39, 0.29) is 0 Å². The predicted octanol–water partition coefficient (Wildman–Crippen LogP) is 5.19. The molecule has 0 bridgehead atoms. The van der Waals surface area contributed by atoms with Gasteiger partial charge in [-0.1, -0.05) is 30.1 Å². The van der Waals surface area contributed by atoms with Gasteiger partial charge in [0.1, 0.15) is 0 Å². The largest absolute Gasteiger partial charge is 0.390 e. The Morgan fingerprint density at radius 2 is 1.50 bits per heavy atom. The highest BCUT2D eigenvalue weighted by Crippen LogP contribution is 2.33. The SMILES string of the molecule is CC1CCN(C[C@@H](O)Cn2c3ccc(Cl)cc3c3cc(Cl)ccc32)CC1. The standard InChI is InChI=1S/C21H24Cl2N2O/c1-14-6-8-24(9-7-14)12-17(26)13-25-20-4-2-15(22)10-18(20)19-11-16(23)3-5-21(19)25/h2-5,10-11,14,17,26H,6-9,12-13H2,1H3/t17-/m1/s1. The molecule has 1 fully saturated rings. The number of nitrogens with zero attached hydrogens (tertiary/aromatic N) is 2. The lowest BCUT2D eigenvalue weighted by Crippen LogP contribution is -2.39. The van der Waals surface area contributed by atoms with Crippen molar-refractivity contribution in [3.05, 3.63) is 46.4 Å². The molecule has 0 spiro atoms. The monoisotopic (exact) mass is 390 g/mol. The first-order valence-electron chi connectivity index (χ1n) is 9.28. The first-order valence-corrected chi connectivity index (χ1v) is 10.0. The minimum absolute atomic E-state index is 0.409. The molecule has 0 amide bonds. The van der Waals surface area contributed by atoms with Crippen LogP contribution in [0.3, 0.4) is 0 Å². The van der Waals surface area contributed by atoms with Crippen LogP contribution in [-0.4, -0.2) is 40.3 Å². The summed E-state index contributed by atoms with van der Waals surface area (Å²) in [6.45, 7) is 5.75. The van der Waals surface area contributed by atoms with Gasteiger partial charge in [-0.3, -0.25) is 0 Å². The van der Waals surface area contributed by atoms with E-state index < -0.39 is 6.10 Å². The fourth-order valence-corrected chi connectivity index (χ4v) is 4.40. The molecule has 0 radical (unpaired) electrons. The van der Waals surface area contributed by atoms with Crippen LogP contribution in [0.4, 0.5) is 0 Å². The smallest absolute Gasteiger partial charge is 0.0845 e. The maximum absolute atomic E-state index is 10.8. The number of rotatable bonds is 4. The van der Waals surface area contributed by atoms with E-state index in [2.05, 4.69) is 16.4 Å². The van der Waals surface area contributed by atoms with Crippen LogP contribution in [0, 0.1) is 5.92 Å². The maximum Gasteiger partial charge on any atom is 0.0845 e. The average Bonchev–Trinajstić information content (AvgIpc) is 2.89. The molecular weight excluding hydrogens is 367 g/mol. The predicted molar refractivity (Wildman–Crippen MR) is 110 cm³/mol. The molecule has 1 atom stereocenters. The van der Waals surface area contributed by atoms with Crippen LogP contribution < -0.4 is 0 Å². The number of aromatic nitrogens is 1. The first-order chi connectivity index (χ1) is 12.5. The second kappa shape index (κ2) is 7.40. The fourth-order valence-electron chi connectivity index (χ4n) is 4.06. The molecule has 0 saturated carbocycles. The van der Waals surface area contributed by atoms with Gasteiger partial charge in [0, 0.05) is 38.4 Å². The van der Waals surface area contributed by atoms with Crippen molar-refractivity contribution in [2.45, 2.75) is 32.4 Å². The topological polar surface area (TPSA) is 28.4 Å². The zero-order valence-electron chi connectivity index (χ0n) is 15.0. The number of aliphatic hydroxyl groups excluding tert-OH is 1. The van der Waals surface area contributed by atoms with E-state index in [1.54, 1.807) is 0 Å². The number of β-amino-alcohol motifs (C(OH)–C–C–N with tert-alkyl or cyclic N) is 1. The lowest BCUT2D eigenvalue weighted by Gasteiger charge is -2.31. The van der Waals surface area contributed by atoms with Crippen molar-refractivity contribution >= 4 is 45.0 Å². The Morgan fingerprint density at radius 1 is 0.962 bits per heavy atom. The molecular formula is C21H24Cl2N2O. The number of likely N-dealkylation sites (tertiary alicyclic amines) is 1. The normalized spacial score (nSPS) is 18.0. The molecule has 1 N–H and O–H groups in total. The highest BCUT2D eigenvalue weighted by Gasteiger charge is 2.20. The van der Waals surface area contributed by atoms with E-state index >= 15 is 0 Å². The minimum atomic E-state index is -0.409. The number of aliphatic hydroxyl groups is 1. The van der Waals surface area contributed by atoms with E-state index in [1.165, 1.54) is 12.8 Å². The molecule has 2 heterocycles.